The smallest absolute Gasteiger partial charge is 0.323 e. The molecule has 9 heteroatoms. The van der Waals surface area contributed by atoms with E-state index in [2.05, 4.69) is 10.0 Å². The maximum absolute atomic E-state index is 12.8. The van der Waals surface area contributed by atoms with Crippen LogP contribution in [-0.4, -0.2) is 14.3 Å². The SMILES string of the molecule is Cc1ccc(C=CC(=O)Nc2ccc(S(=O)(=O)Nc3cccc(C(F)(F)F)c3)cc2)cc1. The molecule has 0 spiro atoms. The Kier molecular flexibility index (Phi) is 6.69. The average molecular weight is 460 g/mol. The monoisotopic (exact) mass is 460 g/mol. The molecular weight excluding hydrogens is 441 g/mol. The van der Waals surface area contributed by atoms with E-state index in [0.717, 1.165) is 23.3 Å². The van der Waals surface area contributed by atoms with Crippen LogP contribution in [0.1, 0.15) is 16.7 Å². The Labute approximate surface area is 183 Å². The first kappa shape index (κ1) is 23.1. The number of halogens is 3. The van der Waals surface area contributed by atoms with Gasteiger partial charge in [-0.1, -0.05) is 35.9 Å². The van der Waals surface area contributed by atoms with Crippen LogP contribution in [-0.2, 0) is 21.0 Å². The molecule has 0 aliphatic rings. The van der Waals surface area contributed by atoms with Gasteiger partial charge in [0.25, 0.3) is 10.0 Å². The quantitative estimate of drug-likeness (QED) is 0.479. The molecule has 3 rings (SSSR count). The topological polar surface area (TPSA) is 75.3 Å². The molecule has 0 saturated carbocycles. The van der Waals surface area contributed by atoms with Gasteiger partial charge in [0.15, 0.2) is 0 Å². The standard InChI is InChI=1S/C23H19F3N2O3S/c1-16-5-7-17(8-6-16)9-14-22(29)27-19-10-12-21(13-11-19)32(30,31)28-20-4-2-3-18(15-20)23(24,25)26/h2-15,28H,1H3,(H,27,29). The molecule has 0 unspecified atom stereocenters. The van der Waals surface area contributed by atoms with E-state index in [-0.39, 0.29) is 10.6 Å². The van der Waals surface area contributed by atoms with Gasteiger partial charge >= 0.3 is 6.18 Å². The number of nitrogens with one attached hydrogen (secondary N) is 2. The van der Waals surface area contributed by atoms with E-state index in [4.69, 9.17) is 0 Å². The Hall–Kier alpha value is -3.59. The van der Waals surface area contributed by atoms with Crippen LogP contribution < -0.4 is 10.0 Å². The lowest BCUT2D eigenvalue weighted by molar-refractivity contribution is -0.137. The van der Waals surface area contributed by atoms with Crippen molar-refractivity contribution in [2.45, 2.75) is 18.0 Å². The van der Waals surface area contributed by atoms with E-state index >= 15 is 0 Å². The number of hydrogen-bond acceptors (Lipinski definition) is 3. The third-order valence-electron chi connectivity index (χ3n) is 4.38. The summed E-state index contributed by atoms with van der Waals surface area (Å²) in [6.45, 7) is 1.96. The van der Waals surface area contributed by atoms with Crippen LogP contribution in [0.4, 0.5) is 24.5 Å². The van der Waals surface area contributed by atoms with Crippen LogP contribution in [0.15, 0.2) is 83.8 Å². The van der Waals surface area contributed by atoms with Crippen LogP contribution in [0.2, 0.25) is 0 Å². The Morgan fingerprint density at radius 1 is 0.906 bits per heavy atom. The van der Waals surface area contributed by atoms with Crippen LogP contribution >= 0.6 is 0 Å². The molecule has 0 aromatic heterocycles. The Morgan fingerprint density at radius 3 is 2.19 bits per heavy atom. The van der Waals surface area contributed by atoms with Gasteiger partial charge in [0, 0.05) is 17.5 Å². The molecule has 1 amide bonds. The molecule has 0 bridgehead atoms. The number of hydrogen-bond donors (Lipinski definition) is 2. The number of amides is 1. The zero-order valence-corrected chi connectivity index (χ0v) is 17.7. The van der Waals surface area contributed by atoms with Gasteiger partial charge in [0.2, 0.25) is 5.91 Å². The second-order valence-corrected chi connectivity index (χ2v) is 8.62. The van der Waals surface area contributed by atoms with Gasteiger partial charge < -0.3 is 5.32 Å². The maximum atomic E-state index is 12.8. The number of carbonyl (C=O) groups is 1. The fraction of sp³-hybridized carbons (Fsp3) is 0.0870. The van der Waals surface area contributed by atoms with Crippen LogP contribution in [0.3, 0.4) is 0 Å². The summed E-state index contributed by atoms with van der Waals surface area (Å²) in [5.41, 5.74) is 1.14. The summed E-state index contributed by atoms with van der Waals surface area (Å²) >= 11 is 0. The molecule has 0 radical (unpaired) electrons. The van der Waals surface area contributed by atoms with Crippen molar-refractivity contribution in [3.8, 4) is 0 Å². The number of sulfonamides is 1. The summed E-state index contributed by atoms with van der Waals surface area (Å²) in [4.78, 5) is 11.9. The molecule has 0 aliphatic carbocycles. The van der Waals surface area contributed by atoms with E-state index < -0.39 is 27.7 Å². The fourth-order valence-corrected chi connectivity index (χ4v) is 3.77. The third kappa shape index (κ3) is 6.21. The average Bonchev–Trinajstić information content (AvgIpc) is 2.73. The van der Waals surface area contributed by atoms with E-state index in [1.54, 1.807) is 6.08 Å². The Morgan fingerprint density at radius 2 is 1.56 bits per heavy atom. The molecule has 2 N–H and O–H groups in total. The van der Waals surface area contributed by atoms with Crippen molar-refractivity contribution in [3.05, 3.63) is 95.6 Å². The molecule has 0 fully saturated rings. The highest BCUT2D eigenvalue weighted by Crippen LogP contribution is 2.31. The lowest BCUT2D eigenvalue weighted by Crippen LogP contribution is -2.14. The molecular formula is C23H19F3N2O3S. The van der Waals surface area contributed by atoms with Crippen molar-refractivity contribution < 1.29 is 26.4 Å². The van der Waals surface area contributed by atoms with Gasteiger partial charge in [-0.3, -0.25) is 9.52 Å². The third-order valence-corrected chi connectivity index (χ3v) is 5.78. The zero-order chi connectivity index (χ0) is 23.4. The molecule has 0 atom stereocenters. The van der Waals surface area contributed by atoms with Crippen LogP contribution in [0.5, 0.6) is 0 Å². The second kappa shape index (κ2) is 9.27. The minimum atomic E-state index is -4.59. The molecule has 32 heavy (non-hydrogen) atoms. The van der Waals surface area contributed by atoms with Crippen molar-refractivity contribution in [1.82, 2.24) is 0 Å². The van der Waals surface area contributed by atoms with Gasteiger partial charge in [-0.15, -0.1) is 0 Å². The first-order chi connectivity index (χ1) is 15.0. The van der Waals surface area contributed by atoms with Gasteiger partial charge in [-0.2, -0.15) is 13.2 Å². The zero-order valence-electron chi connectivity index (χ0n) is 16.8. The fourth-order valence-electron chi connectivity index (χ4n) is 2.72. The molecule has 5 nitrogen and oxygen atoms in total. The number of anilines is 2. The van der Waals surface area contributed by atoms with Gasteiger partial charge in [0.05, 0.1) is 10.5 Å². The highest BCUT2D eigenvalue weighted by molar-refractivity contribution is 7.92. The number of rotatable bonds is 6. The minimum Gasteiger partial charge on any atom is -0.323 e. The van der Waals surface area contributed by atoms with E-state index in [1.807, 2.05) is 31.2 Å². The van der Waals surface area contributed by atoms with Crippen LogP contribution in [0, 0.1) is 6.92 Å². The highest BCUT2D eigenvalue weighted by Gasteiger charge is 2.30. The number of carbonyl (C=O) groups excluding carboxylic acids is 1. The number of benzene rings is 3. The van der Waals surface area contributed by atoms with E-state index in [9.17, 15) is 26.4 Å². The van der Waals surface area contributed by atoms with Gasteiger partial charge in [-0.25, -0.2) is 8.42 Å². The molecule has 3 aromatic carbocycles. The highest BCUT2D eigenvalue weighted by atomic mass is 32.2. The van der Waals surface area contributed by atoms with Gasteiger partial charge in [-0.05, 0) is 61.0 Å². The summed E-state index contributed by atoms with van der Waals surface area (Å²) < 4.78 is 65.6. The van der Waals surface area contributed by atoms with Crippen molar-refractivity contribution >= 4 is 33.4 Å². The van der Waals surface area contributed by atoms with Gasteiger partial charge in [0.1, 0.15) is 0 Å². The van der Waals surface area contributed by atoms with E-state index in [1.165, 1.54) is 36.4 Å². The molecule has 0 aliphatic heterocycles. The van der Waals surface area contributed by atoms with Crippen molar-refractivity contribution in [3.63, 3.8) is 0 Å². The summed E-state index contributed by atoms with van der Waals surface area (Å²) in [6.07, 6.45) is -1.59. The lowest BCUT2D eigenvalue weighted by atomic mass is 10.1. The Balaban J connectivity index is 1.66. The minimum absolute atomic E-state index is 0.164. The first-order valence-electron chi connectivity index (χ1n) is 9.39. The number of alkyl halides is 3. The predicted molar refractivity (Wildman–Crippen MR) is 118 cm³/mol. The maximum Gasteiger partial charge on any atom is 0.416 e. The summed E-state index contributed by atoms with van der Waals surface area (Å²) in [5.74, 6) is -0.400. The summed E-state index contributed by atoms with van der Waals surface area (Å²) in [6, 6.07) is 16.8. The van der Waals surface area contributed by atoms with Crippen molar-refractivity contribution in [2.24, 2.45) is 0 Å². The normalized spacial score (nSPS) is 12.0. The molecule has 0 saturated heterocycles. The predicted octanol–water partition coefficient (Wildman–Crippen LogP) is 5.47. The summed E-state index contributed by atoms with van der Waals surface area (Å²) in [7, 11) is -4.11. The van der Waals surface area contributed by atoms with E-state index in [0.29, 0.717) is 11.8 Å². The molecule has 3 aromatic rings. The van der Waals surface area contributed by atoms with Crippen molar-refractivity contribution in [2.75, 3.05) is 10.0 Å². The molecule has 0 heterocycles. The number of aryl methyl sites for hydroxylation is 1. The largest absolute Gasteiger partial charge is 0.416 e. The lowest BCUT2D eigenvalue weighted by Gasteiger charge is -2.11. The molecule has 166 valence electrons. The first-order valence-corrected chi connectivity index (χ1v) is 10.9. The van der Waals surface area contributed by atoms with Crippen molar-refractivity contribution in [1.29, 1.82) is 0 Å². The second-order valence-electron chi connectivity index (χ2n) is 6.94. The van der Waals surface area contributed by atoms with Crippen LogP contribution in [0.25, 0.3) is 6.08 Å². The Bertz CT molecular complexity index is 1230. The summed E-state index contributed by atoms with van der Waals surface area (Å²) in [5, 5.41) is 2.61.